The van der Waals surface area contributed by atoms with Crippen molar-refractivity contribution in [3.05, 3.63) is 80.4 Å². The number of hydrogen-bond acceptors (Lipinski definition) is 4. The van der Waals surface area contributed by atoms with Crippen molar-refractivity contribution < 1.29 is 4.79 Å². The molecule has 3 aromatic rings. The first kappa shape index (κ1) is 23.0. The van der Waals surface area contributed by atoms with Crippen molar-refractivity contribution >= 4 is 16.9 Å². The summed E-state index contributed by atoms with van der Waals surface area (Å²) >= 11 is 0. The molecule has 0 unspecified atom stereocenters. The van der Waals surface area contributed by atoms with Crippen LogP contribution < -0.4 is 16.4 Å². The van der Waals surface area contributed by atoms with E-state index in [1.54, 1.807) is 19.2 Å². The highest BCUT2D eigenvalue weighted by Gasteiger charge is 2.17. The third-order valence-corrected chi connectivity index (χ3v) is 6.67. The lowest BCUT2D eigenvalue weighted by molar-refractivity contribution is 0.0949. The van der Waals surface area contributed by atoms with Gasteiger partial charge in [0, 0.05) is 31.7 Å². The molecule has 2 aromatic carbocycles. The van der Waals surface area contributed by atoms with Crippen LogP contribution in [-0.2, 0) is 13.6 Å². The Morgan fingerprint density at radius 2 is 1.73 bits per heavy atom. The van der Waals surface area contributed by atoms with E-state index in [1.165, 1.54) is 28.4 Å². The van der Waals surface area contributed by atoms with Crippen molar-refractivity contribution in [2.24, 2.45) is 7.05 Å². The standard InChI is InChI=1S/C26H32N4O3/c1-19-8-5-6-16-29(19)17-7-15-27-24(31)21-13-11-20(12-14-21)18-30-23-10-4-3-9-22(23)28(2)25(32)26(30)33/h3-4,9-14,19H,5-8,15-18H2,1-2H3,(H,27,31)/t19-/m1/s1. The van der Waals surface area contributed by atoms with E-state index in [1.807, 2.05) is 36.4 Å². The minimum atomic E-state index is -0.555. The molecule has 7 heteroatoms. The van der Waals surface area contributed by atoms with Crippen LogP contribution in [0.5, 0.6) is 0 Å². The first-order chi connectivity index (χ1) is 16.0. The molecular weight excluding hydrogens is 416 g/mol. The van der Waals surface area contributed by atoms with Gasteiger partial charge in [0.05, 0.1) is 17.6 Å². The Morgan fingerprint density at radius 1 is 1.00 bits per heavy atom. The van der Waals surface area contributed by atoms with Gasteiger partial charge in [-0.25, -0.2) is 0 Å². The predicted octanol–water partition coefficient (Wildman–Crippen LogP) is 2.74. The van der Waals surface area contributed by atoms with Gasteiger partial charge in [0.1, 0.15) is 0 Å². The van der Waals surface area contributed by atoms with Crippen LogP contribution in [0.2, 0.25) is 0 Å². The number of amides is 1. The molecule has 0 aliphatic carbocycles. The number of para-hydroxylation sites is 2. The lowest BCUT2D eigenvalue weighted by atomic mass is 10.0. The molecule has 2 heterocycles. The Labute approximate surface area is 193 Å². The summed E-state index contributed by atoms with van der Waals surface area (Å²) in [7, 11) is 1.61. The first-order valence-electron chi connectivity index (χ1n) is 11.8. The molecule has 1 aliphatic rings. The Balaban J connectivity index is 1.38. The van der Waals surface area contributed by atoms with Crippen LogP contribution in [-0.4, -0.2) is 45.6 Å². The molecule has 7 nitrogen and oxygen atoms in total. The monoisotopic (exact) mass is 448 g/mol. The van der Waals surface area contributed by atoms with Gasteiger partial charge >= 0.3 is 11.1 Å². The largest absolute Gasteiger partial charge is 0.352 e. The molecule has 174 valence electrons. The lowest BCUT2D eigenvalue weighted by Crippen LogP contribution is -2.40. The summed E-state index contributed by atoms with van der Waals surface area (Å²) < 4.78 is 2.88. The maximum atomic E-state index is 12.6. The fourth-order valence-electron chi connectivity index (χ4n) is 4.63. The zero-order valence-electron chi connectivity index (χ0n) is 19.4. The summed E-state index contributed by atoms with van der Waals surface area (Å²) in [6.07, 6.45) is 4.78. The number of piperidine rings is 1. The van der Waals surface area contributed by atoms with Crippen molar-refractivity contribution in [3.63, 3.8) is 0 Å². The highest BCUT2D eigenvalue weighted by molar-refractivity contribution is 5.94. The molecule has 1 atom stereocenters. The van der Waals surface area contributed by atoms with E-state index < -0.39 is 11.1 Å². The molecular formula is C26H32N4O3. The summed E-state index contributed by atoms with van der Waals surface area (Å²) in [4.78, 5) is 40.0. The minimum Gasteiger partial charge on any atom is -0.352 e. The lowest BCUT2D eigenvalue weighted by Gasteiger charge is -2.33. The molecule has 1 fully saturated rings. The Kier molecular flexibility index (Phi) is 7.08. The number of rotatable bonds is 7. The number of fused-ring (bicyclic) bond motifs is 1. The van der Waals surface area contributed by atoms with Crippen LogP contribution in [0.25, 0.3) is 11.0 Å². The van der Waals surface area contributed by atoms with Gasteiger partial charge in [0.2, 0.25) is 0 Å². The van der Waals surface area contributed by atoms with Crippen molar-refractivity contribution in [2.75, 3.05) is 19.6 Å². The normalized spacial score (nSPS) is 16.7. The van der Waals surface area contributed by atoms with Crippen LogP contribution in [0.4, 0.5) is 0 Å². The van der Waals surface area contributed by atoms with Crippen LogP contribution in [0, 0.1) is 0 Å². The van der Waals surface area contributed by atoms with Crippen LogP contribution >= 0.6 is 0 Å². The highest BCUT2D eigenvalue weighted by Crippen LogP contribution is 2.16. The third-order valence-electron chi connectivity index (χ3n) is 6.67. The summed E-state index contributed by atoms with van der Waals surface area (Å²) in [6, 6.07) is 15.2. The average molecular weight is 449 g/mol. The summed E-state index contributed by atoms with van der Waals surface area (Å²) in [5.74, 6) is -0.0931. The highest BCUT2D eigenvalue weighted by atomic mass is 16.2. The molecule has 0 saturated carbocycles. The maximum Gasteiger partial charge on any atom is 0.317 e. The van der Waals surface area contributed by atoms with E-state index in [4.69, 9.17) is 0 Å². The summed E-state index contributed by atoms with van der Waals surface area (Å²) in [5, 5.41) is 3.00. The van der Waals surface area contributed by atoms with Crippen molar-refractivity contribution in [2.45, 2.75) is 45.2 Å². The quantitative estimate of drug-likeness (QED) is 0.445. The second-order valence-electron chi connectivity index (χ2n) is 8.93. The van der Waals surface area contributed by atoms with E-state index in [9.17, 15) is 14.4 Å². The van der Waals surface area contributed by atoms with E-state index >= 15 is 0 Å². The zero-order chi connectivity index (χ0) is 23.4. The first-order valence-corrected chi connectivity index (χ1v) is 11.8. The number of carbonyl (C=O) groups excluding carboxylic acids is 1. The van der Waals surface area contributed by atoms with Gasteiger partial charge in [0.25, 0.3) is 5.91 Å². The number of nitrogens with zero attached hydrogens (tertiary/aromatic N) is 3. The summed E-state index contributed by atoms with van der Waals surface area (Å²) in [5.41, 5.74) is 1.74. The smallest absolute Gasteiger partial charge is 0.317 e. The SMILES string of the molecule is C[C@@H]1CCCCN1CCCNC(=O)c1ccc(Cn2c(=O)c(=O)n(C)c3ccccc32)cc1. The fourth-order valence-corrected chi connectivity index (χ4v) is 4.63. The van der Waals surface area contributed by atoms with Gasteiger partial charge in [-0.05, 0) is 62.6 Å². The van der Waals surface area contributed by atoms with Gasteiger partial charge in [-0.2, -0.15) is 0 Å². The fraction of sp³-hybridized carbons (Fsp3) is 0.423. The number of aromatic nitrogens is 2. The van der Waals surface area contributed by atoms with Crippen LogP contribution in [0.15, 0.2) is 58.1 Å². The zero-order valence-corrected chi connectivity index (χ0v) is 19.4. The van der Waals surface area contributed by atoms with Gasteiger partial charge in [0.15, 0.2) is 0 Å². The number of likely N-dealkylation sites (tertiary alicyclic amines) is 1. The Hall–Kier alpha value is -3.19. The van der Waals surface area contributed by atoms with E-state index in [2.05, 4.69) is 17.1 Å². The molecule has 1 N–H and O–H groups in total. The van der Waals surface area contributed by atoms with Crippen molar-refractivity contribution in [3.8, 4) is 0 Å². The number of hydrogen-bond donors (Lipinski definition) is 1. The molecule has 0 bridgehead atoms. The van der Waals surface area contributed by atoms with Gasteiger partial charge < -0.3 is 14.8 Å². The predicted molar refractivity (Wildman–Crippen MR) is 131 cm³/mol. The Morgan fingerprint density at radius 3 is 2.45 bits per heavy atom. The van der Waals surface area contributed by atoms with Crippen LogP contribution in [0.1, 0.15) is 48.5 Å². The topological polar surface area (TPSA) is 76.3 Å². The molecule has 1 aliphatic heterocycles. The summed E-state index contributed by atoms with van der Waals surface area (Å²) in [6.45, 7) is 5.37. The molecule has 33 heavy (non-hydrogen) atoms. The van der Waals surface area contributed by atoms with Gasteiger partial charge in [-0.3, -0.25) is 19.0 Å². The average Bonchev–Trinajstić information content (AvgIpc) is 2.84. The van der Waals surface area contributed by atoms with Crippen LogP contribution in [0.3, 0.4) is 0 Å². The second kappa shape index (κ2) is 10.2. The molecule has 0 spiro atoms. The molecule has 1 amide bonds. The van der Waals surface area contributed by atoms with Crippen molar-refractivity contribution in [1.82, 2.24) is 19.4 Å². The molecule has 4 rings (SSSR count). The van der Waals surface area contributed by atoms with E-state index in [0.29, 0.717) is 29.2 Å². The Bertz CT molecular complexity index is 1240. The van der Waals surface area contributed by atoms with Gasteiger partial charge in [-0.15, -0.1) is 0 Å². The second-order valence-corrected chi connectivity index (χ2v) is 8.93. The number of nitrogens with one attached hydrogen (secondary N) is 1. The van der Waals surface area contributed by atoms with Crippen molar-refractivity contribution in [1.29, 1.82) is 0 Å². The number of aryl methyl sites for hydroxylation is 1. The number of carbonyl (C=O) groups is 1. The van der Waals surface area contributed by atoms with Gasteiger partial charge in [-0.1, -0.05) is 30.7 Å². The van der Waals surface area contributed by atoms with E-state index in [0.717, 1.165) is 25.1 Å². The molecule has 1 saturated heterocycles. The maximum absolute atomic E-state index is 12.6. The third kappa shape index (κ3) is 5.09. The molecule has 0 radical (unpaired) electrons. The minimum absolute atomic E-state index is 0.0931. The number of benzene rings is 2. The molecule has 1 aromatic heterocycles. The van der Waals surface area contributed by atoms with E-state index in [-0.39, 0.29) is 12.5 Å².